The molecular formula is C18H18N2O2. The predicted octanol–water partition coefficient (Wildman–Crippen LogP) is 3.44. The molecule has 2 amide bonds. The molecule has 22 heavy (non-hydrogen) atoms. The molecule has 112 valence electrons. The maximum atomic E-state index is 11.7. The van der Waals surface area contributed by atoms with Crippen LogP contribution in [0, 0.1) is 13.8 Å². The lowest BCUT2D eigenvalue weighted by Crippen LogP contribution is -2.12. The number of carbonyl (C=O) groups excluding carboxylic acids is 2. The largest absolute Gasteiger partial charge is 0.323 e. The van der Waals surface area contributed by atoms with Crippen LogP contribution in [0.4, 0.5) is 11.4 Å². The Morgan fingerprint density at radius 1 is 0.682 bits per heavy atom. The van der Waals surface area contributed by atoms with Gasteiger partial charge in [0.2, 0.25) is 11.8 Å². The maximum absolute atomic E-state index is 11.7. The van der Waals surface area contributed by atoms with Crippen LogP contribution in [0.1, 0.15) is 11.1 Å². The fourth-order valence-corrected chi connectivity index (χ4v) is 1.79. The molecule has 2 rings (SSSR count). The molecule has 2 N–H and O–H groups in total. The first kappa shape index (κ1) is 15.5. The van der Waals surface area contributed by atoms with E-state index >= 15 is 0 Å². The zero-order valence-electron chi connectivity index (χ0n) is 12.6. The third-order valence-electron chi connectivity index (χ3n) is 3.02. The molecule has 2 aromatic rings. The van der Waals surface area contributed by atoms with Crippen LogP contribution in [0.15, 0.2) is 60.7 Å². The predicted molar refractivity (Wildman–Crippen MR) is 88.8 cm³/mol. The summed E-state index contributed by atoms with van der Waals surface area (Å²) >= 11 is 0. The second kappa shape index (κ2) is 7.22. The van der Waals surface area contributed by atoms with Crippen LogP contribution in [-0.2, 0) is 9.59 Å². The molecular weight excluding hydrogens is 276 g/mol. The number of aryl methyl sites for hydroxylation is 2. The van der Waals surface area contributed by atoms with E-state index < -0.39 is 0 Å². The highest BCUT2D eigenvalue weighted by molar-refractivity contribution is 6.06. The van der Waals surface area contributed by atoms with Gasteiger partial charge in [0.1, 0.15) is 0 Å². The molecule has 0 aliphatic heterocycles. The van der Waals surface area contributed by atoms with Gasteiger partial charge in [0.15, 0.2) is 0 Å². The molecule has 0 heterocycles. The zero-order chi connectivity index (χ0) is 15.9. The Labute approximate surface area is 129 Å². The highest BCUT2D eigenvalue weighted by Gasteiger charge is 2.01. The smallest absolute Gasteiger partial charge is 0.248 e. The van der Waals surface area contributed by atoms with Gasteiger partial charge in [-0.15, -0.1) is 0 Å². The highest BCUT2D eigenvalue weighted by Crippen LogP contribution is 2.09. The van der Waals surface area contributed by atoms with Gasteiger partial charge >= 0.3 is 0 Å². The Balaban J connectivity index is 1.87. The van der Waals surface area contributed by atoms with E-state index in [0.717, 1.165) is 11.1 Å². The van der Waals surface area contributed by atoms with E-state index in [4.69, 9.17) is 0 Å². The number of anilines is 2. The summed E-state index contributed by atoms with van der Waals surface area (Å²) in [6, 6.07) is 14.9. The number of hydrogen-bond acceptors (Lipinski definition) is 2. The first-order valence-corrected chi connectivity index (χ1v) is 6.96. The third-order valence-corrected chi connectivity index (χ3v) is 3.02. The van der Waals surface area contributed by atoms with Crippen molar-refractivity contribution in [2.45, 2.75) is 13.8 Å². The van der Waals surface area contributed by atoms with Crippen molar-refractivity contribution in [1.29, 1.82) is 0 Å². The molecule has 4 heteroatoms. The van der Waals surface area contributed by atoms with Crippen LogP contribution >= 0.6 is 0 Å². The fourth-order valence-electron chi connectivity index (χ4n) is 1.79. The van der Waals surface area contributed by atoms with E-state index in [1.807, 2.05) is 62.4 Å². The lowest BCUT2D eigenvalue weighted by Gasteiger charge is -2.03. The number of carbonyl (C=O) groups is 2. The summed E-state index contributed by atoms with van der Waals surface area (Å²) in [5.74, 6) is -0.689. The summed E-state index contributed by atoms with van der Waals surface area (Å²) in [6.07, 6.45) is 2.42. The molecule has 2 aromatic carbocycles. The average molecular weight is 294 g/mol. The second-order valence-electron chi connectivity index (χ2n) is 5.04. The topological polar surface area (TPSA) is 58.2 Å². The minimum absolute atomic E-state index is 0.345. The van der Waals surface area contributed by atoms with Gasteiger partial charge in [-0.3, -0.25) is 9.59 Å². The summed E-state index contributed by atoms with van der Waals surface area (Å²) in [7, 11) is 0. The number of hydrogen-bond donors (Lipinski definition) is 2. The molecule has 4 nitrogen and oxygen atoms in total. The summed E-state index contributed by atoms with van der Waals surface area (Å²) in [5, 5.41) is 5.38. The van der Waals surface area contributed by atoms with E-state index in [-0.39, 0.29) is 11.8 Å². The molecule has 0 aromatic heterocycles. The number of rotatable bonds is 4. The Kier molecular flexibility index (Phi) is 5.09. The Bertz CT molecular complexity index is 625. The van der Waals surface area contributed by atoms with Crippen LogP contribution in [0.2, 0.25) is 0 Å². The van der Waals surface area contributed by atoms with Gasteiger partial charge in [-0.2, -0.15) is 0 Å². The monoisotopic (exact) mass is 294 g/mol. The van der Waals surface area contributed by atoms with Gasteiger partial charge < -0.3 is 10.6 Å². The minimum Gasteiger partial charge on any atom is -0.323 e. The Morgan fingerprint density at radius 3 is 1.32 bits per heavy atom. The lowest BCUT2D eigenvalue weighted by atomic mass is 10.2. The van der Waals surface area contributed by atoms with Crippen molar-refractivity contribution >= 4 is 23.2 Å². The Hall–Kier alpha value is -2.88. The lowest BCUT2D eigenvalue weighted by molar-refractivity contribution is -0.114. The summed E-state index contributed by atoms with van der Waals surface area (Å²) in [5.41, 5.74) is 3.62. The Morgan fingerprint density at radius 2 is 1.00 bits per heavy atom. The molecule has 0 unspecified atom stereocenters. The SMILES string of the molecule is Cc1ccc(NC(=O)/C=C\C(=O)Nc2ccc(C)cc2)cc1. The van der Waals surface area contributed by atoms with Gasteiger partial charge in [0, 0.05) is 23.5 Å². The number of nitrogens with one attached hydrogen (secondary N) is 2. The normalized spacial score (nSPS) is 10.5. The molecule has 0 atom stereocenters. The highest BCUT2D eigenvalue weighted by atomic mass is 16.2. The number of amides is 2. The van der Waals surface area contributed by atoms with Crippen molar-refractivity contribution in [3.05, 3.63) is 71.8 Å². The van der Waals surface area contributed by atoms with E-state index in [9.17, 15) is 9.59 Å². The van der Waals surface area contributed by atoms with Crippen molar-refractivity contribution < 1.29 is 9.59 Å². The molecule has 0 saturated carbocycles. The van der Waals surface area contributed by atoms with Gasteiger partial charge in [-0.1, -0.05) is 35.4 Å². The summed E-state index contributed by atoms with van der Waals surface area (Å²) in [6.45, 7) is 3.95. The molecule has 0 bridgehead atoms. The minimum atomic E-state index is -0.345. The van der Waals surface area contributed by atoms with Crippen LogP contribution in [0.5, 0.6) is 0 Å². The van der Waals surface area contributed by atoms with Crippen LogP contribution in [-0.4, -0.2) is 11.8 Å². The third kappa shape index (κ3) is 4.90. The van der Waals surface area contributed by atoms with Crippen molar-refractivity contribution in [2.24, 2.45) is 0 Å². The quantitative estimate of drug-likeness (QED) is 0.849. The van der Waals surface area contributed by atoms with Crippen LogP contribution < -0.4 is 10.6 Å². The van der Waals surface area contributed by atoms with Crippen LogP contribution in [0.3, 0.4) is 0 Å². The molecule has 0 spiro atoms. The second-order valence-corrected chi connectivity index (χ2v) is 5.04. The van der Waals surface area contributed by atoms with Crippen LogP contribution in [0.25, 0.3) is 0 Å². The van der Waals surface area contributed by atoms with E-state index in [2.05, 4.69) is 10.6 Å². The summed E-state index contributed by atoms with van der Waals surface area (Å²) in [4.78, 5) is 23.4. The van der Waals surface area contributed by atoms with E-state index in [0.29, 0.717) is 11.4 Å². The molecule has 0 aliphatic carbocycles. The van der Waals surface area contributed by atoms with Crippen molar-refractivity contribution in [3.63, 3.8) is 0 Å². The van der Waals surface area contributed by atoms with Crippen molar-refractivity contribution in [3.8, 4) is 0 Å². The molecule has 0 fully saturated rings. The van der Waals surface area contributed by atoms with Gasteiger partial charge in [-0.25, -0.2) is 0 Å². The molecule has 0 radical (unpaired) electrons. The average Bonchev–Trinajstić information content (AvgIpc) is 2.50. The van der Waals surface area contributed by atoms with Gasteiger partial charge in [0.25, 0.3) is 0 Å². The van der Waals surface area contributed by atoms with Gasteiger partial charge in [0.05, 0.1) is 0 Å². The first-order chi connectivity index (χ1) is 10.5. The first-order valence-electron chi connectivity index (χ1n) is 6.96. The standard InChI is InChI=1S/C18H18N2O2/c1-13-3-7-15(8-4-13)19-17(21)11-12-18(22)20-16-9-5-14(2)6-10-16/h3-12H,1-2H3,(H,19,21)(H,20,22)/b12-11-. The zero-order valence-corrected chi connectivity index (χ0v) is 12.6. The van der Waals surface area contributed by atoms with Gasteiger partial charge in [-0.05, 0) is 38.1 Å². The number of benzene rings is 2. The molecule has 0 aliphatic rings. The van der Waals surface area contributed by atoms with Crippen molar-refractivity contribution in [2.75, 3.05) is 10.6 Å². The van der Waals surface area contributed by atoms with Crippen molar-refractivity contribution in [1.82, 2.24) is 0 Å². The fraction of sp³-hybridized carbons (Fsp3) is 0.111. The van der Waals surface area contributed by atoms with E-state index in [1.165, 1.54) is 12.2 Å². The molecule has 0 saturated heterocycles. The maximum Gasteiger partial charge on any atom is 0.248 e. The van der Waals surface area contributed by atoms with E-state index in [1.54, 1.807) is 0 Å². The summed E-state index contributed by atoms with van der Waals surface area (Å²) < 4.78 is 0.